The van der Waals surface area contributed by atoms with Gasteiger partial charge in [-0.15, -0.1) is 6.42 Å². The van der Waals surface area contributed by atoms with Gasteiger partial charge in [0.1, 0.15) is 5.75 Å². The summed E-state index contributed by atoms with van der Waals surface area (Å²) in [7, 11) is 0. The number of benzene rings is 3. The molecule has 0 radical (unpaired) electrons. The molecule has 0 aliphatic carbocycles. The average Bonchev–Trinajstić information content (AvgIpc) is 2.83. The molecule has 0 aliphatic rings. The van der Waals surface area contributed by atoms with Crippen molar-refractivity contribution in [3.63, 3.8) is 0 Å². The predicted molar refractivity (Wildman–Crippen MR) is 130 cm³/mol. The van der Waals surface area contributed by atoms with Gasteiger partial charge < -0.3 is 9.47 Å². The van der Waals surface area contributed by atoms with Crippen LogP contribution in [0, 0.1) is 18.3 Å². The van der Waals surface area contributed by atoms with Gasteiger partial charge in [0, 0.05) is 6.07 Å². The lowest BCUT2D eigenvalue weighted by Gasteiger charge is -2.22. The van der Waals surface area contributed by atoms with Crippen molar-refractivity contribution in [2.45, 2.75) is 25.9 Å². The highest BCUT2D eigenvalue weighted by molar-refractivity contribution is 5.86. The van der Waals surface area contributed by atoms with E-state index < -0.39 is 12.0 Å². The SMILES string of the molecule is C#CC(OC(=O)C(c1ccc2ccccc2c1)C(C)C)c1cccc(Oc2ccccc2)n1. The molecule has 2 unspecified atom stereocenters. The molecule has 0 saturated heterocycles. The summed E-state index contributed by atoms with van der Waals surface area (Å²) in [5.74, 6) is 2.79. The second-order valence-electron chi connectivity index (χ2n) is 8.13. The first-order valence-corrected chi connectivity index (χ1v) is 10.9. The summed E-state index contributed by atoms with van der Waals surface area (Å²) in [6.07, 6.45) is 4.82. The number of rotatable bonds is 7. The number of carbonyl (C=O) groups is 1. The molecule has 0 spiro atoms. The third kappa shape index (κ3) is 5.22. The molecule has 0 amide bonds. The van der Waals surface area contributed by atoms with Gasteiger partial charge in [0.05, 0.1) is 11.6 Å². The van der Waals surface area contributed by atoms with Gasteiger partial charge in [0.15, 0.2) is 0 Å². The molecule has 1 aromatic heterocycles. The topological polar surface area (TPSA) is 48.4 Å². The maximum atomic E-state index is 13.3. The molecule has 0 saturated carbocycles. The van der Waals surface area contributed by atoms with E-state index in [-0.39, 0.29) is 11.9 Å². The number of nitrogens with zero attached hydrogens (tertiary/aromatic N) is 1. The number of aromatic nitrogens is 1. The van der Waals surface area contributed by atoms with Crippen LogP contribution in [0.5, 0.6) is 11.6 Å². The largest absolute Gasteiger partial charge is 0.442 e. The van der Waals surface area contributed by atoms with E-state index in [1.165, 1.54) is 0 Å². The Morgan fingerprint density at radius 2 is 1.61 bits per heavy atom. The quantitative estimate of drug-likeness (QED) is 0.240. The molecule has 164 valence electrons. The Hall–Kier alpha value is -4.10. The fourth-order valence-electron chi connectivity index (χ4n) is 3.81. The molecule has 0 bridgehead atoms. The van der Waals surface area contributed by atoms with Gasteiger partial charge in [-0.2, -0.15) is 0 Å². The van der Waals surface area contributed by atoms with Crippen molar-refractivity contribution < 1.29 is 14.3 Å². The number of para-hydroxylation sites is 1. The summed E-state index contributed by atoms with van der Waals surface area (Å²) >= 11 is 0. The molecular weight excluding hydrogens is 410 g/mol. The van der Waals surface area contributed by atoms with Crippen molar-refractivity contribution in [1.82, 2.24) is 4.98 Å². The summed E-state index contributed by atoms with van der Waals surface area (Å²) in [6.45, 7) is 4.00. The maximum absolute atomic E-state index is 13.3. The van der Waals surface area contributed by atoms with E-state index in [1.54, 1.807) is 18.2 Å². The van der Waals surface area contributed by atoms with Crippen molar-refractivity contribution in [2.75, 3.05) is 0 Å². The average molecular weight is 436 g/mol. The summed E-state index contributed by atoms with van der Waals surface area (Å²) < 4.78 is 11.6. The Morgan fingerprint density at radius 3 is 2.33 bits per heavy atom. The van der Waals surface area contributed by atoms with Crippen LogP contribution in [-0.2, 0) is 9.53 Å². The van der Waals surface area contributed by atoms with Crippen LogP contribution in [0.2, 0.25) is 0 Å². The monoisotopic (exact) mass is 435 g/mol. The van der Waals surface area contributed by atoms with Crippen molar-refractivity contribution in [2.24, 2.45) is 5.92 Å². The zero-order chi connectivity index (χ0) is 23.2. The summed E-state index contributed by atoms with van der Waals surface area (Å²) in [5.41, 5.74) is 1.35. The van der Waals surface area contributed by atoms with Crippen LogP contribution in [0.4, 0.5) is 0 Å². The molecule has 33 heavy (non-hydrogen) atoms. The molecular formula is C29H25NO3. The van der Waals surface area contributed by atoms with Gasteiger partial charge >= 0.3 is 5.97 Å². The van der Waals surface area contributed by atoms with Gasteiger partial charge in [-0.25, -0.2) is 4.98 Å². The zero-order valence-corrected chi connectivity index (χ0v) is 18.6. The molecule has 0 N–H and O–H groups in total. The smallest absolute Gasteiger partial charge is 0.315 e. The van der Waals surface area contributed by atoms with E-state index in [9.17, 15) is 4.79 Å². The normalized spacial score (nSPS) is 12.7. The van der Waals surface area contributed by atoms with Gasteiger partial charge in [-0.05, 0) is 40.5 Å². The molecule has 0 fully saturated rings. The Morgan fingerprint density at radius 1 is 0.879 bits per heavy atom. The number of pyridine rings is 1. The Kier molecular flexibility index (Phi) is 6.71. The molecule has 4 aromatic rings. The number of fused-ring (bicyclic) bond motifs is 1. The second kappa shape index (κ2) is 10.0. The van der Waals surface area contributed by atoms with Crippen LogP contribution in [0.15, 0.2) is 91.0 Å². The highest BCUT2D eigenvalue weighted by Gasteiger charge is 2.29. The maximum Gasteiger partial charge on any atom is 0.315 e. The van der Waals surface area contributed by atoms with Gasteiger partial charge in [-0.1, -0.05) is 86.5 Å². The fraction of sp³-hybridized carbons (Fsp3) is 0.172. The highest BCUT2D eigenvalue weighted by atomic mass is 16.5. The molecule has 1 heterocycles. The Labute approximate surface area is 194 Å². The first kappa shape index (κ1) is 22.1. The number of hydrogen-bond donors (Lipinski definition) is 0. The number of carbonyl (C=O) groups excluding carboxylic acids is 1. The minimum atomic E-state index is -0.918. The van der Waals surface area contributed by atoms with Crippen LogP contribution < -0.4 is 4.74 Å². The Balaban J connectivity index is 1.55. The van der Waals surface area contributed by atoms with Crippen LogP contribution in [0.3, 0.4) is 0 Å². The van der Waals surface area contributed by atoms with Gasteiger partial charge in [0.2, 0.25) is 12.0 Å². The summed E-state index contributed by atoms with van der Waals surface area (Å²) in [4.78, 5) is 17.7. The van der Waals surface area contributed by atoms with Crippen LogP contribution in [0.25, 0.3) is 10.8 Å². The van der Waals surface area contributed by atoms with Crippen molar-refractivity contribution >= 4 is 16.7 Å². The number of esters is 1. The Bertz CT molecular complexity index is 1290. The number of hydrogen-bond acceptors (Lipinski definition) is 4. The van der Waals surface area contributed by atoms with Crippen LogP contribution in [0.1, 0.15) is 37.1 Å². The number of terminal acetylenes is 1. The number of ether oxygens (including phenoxy) is 2. The van der Waals surface area contributed by atoms with E-state index in [0.29, 0.717) is 17.3 Å². The van der Waals surface area contributed by atoms with Gasteiger partial charge in [0.25, 0.3) is 0 Å². The van der Waals surface area contributed by atoms with Crippen molar-refractivity contribution in [1.29, 1.82) is 0 Å². The predicted octanol–water partition coefficient (Wildman–Crippen LogP) is 6.68. The molecule has 4 nitrogen and oxygen atoms in total. The highest BCUT2D eigenvalue weighted by Crippen LogP contribution is 2.31. The molecule has 3 aromatic carbocycles. The minimum Gasteiger partial charge on any atom is -0.442 e. The second-order valence-corrected chi connectivity index (χ2v) is 8.13. The molecule has 4 rings (SSSR count). The van der Waals surface area contributed by atoms with Crippen LogP contribution in [-0.4, -0.2) is 11.0 Å². The van der Waals surface area contributed by atoms with E-state index in [0.717, 1.165) is 16.3 Å². The summed E-state index contributed by atoms with van der Waals surface area (Å²) in [5, 5.41) is 2.20. The minimum absolute atomic E-state index is 0.0257. The van der Waals surface area contributed by atoms with E-state index in [1.807, 2.05) is 86.6 Å². The third-order valence-electron chi connectivity index (χ3n) is 5.42. The lowest BCUT2D eigenvalue weighted by atomic mass is 9.87. The lowest BCUT2D eigenvalue weighted by molar-refractivity contribution is -0.150. The molecule has 4 heteroatoms. The molecule has 2 atom stereocenters. The van der Waals surface area contributed by atoms with E-state index in [2.05, 4.69) is 10.9 Å². The lowest BCUT2D eigenvalue weighted by Crippen LogP contribution is -2.23. The van der Waals surface area contributed by atoms with E-state index >= 15 is 0 Å². The standard InChI is InChI=1S/C29H25NO3/c1-4-26(25-15-10-16-27(30-25)32-24-13-6-5-7-14-24)33-29(31)28(20(2)3)23-18-17-21-11-8-9-12-22(21)19-23/h1,5-20,26,28H,2-3H3. The molecule has 0 aliphatic heterocycles. The first-order valence-electron chi connectivity index (χ1n) is 10.9. The van der Waals surface area contributed by atoms with Crippen LogP contribution >= 0.6 is 0 Å². The van der Waals surface area contributed by atoms with Crippen molar-refractivity contribution in [3.05, 3.63) is 102 Å². The van der Waals surface area contributed by atoms with E-state index in [4.69, 9.17) is 15.9 Å². The van der Waals surface area contributed by atoms with Gasteiger partial charge in [-0.3, -0.25) is 4.79 Å². The zero-order valence-electron chi connectivity index (χ0n) is 18.6. The first-order chi connectivity index (χ1) is 16.0. The fourth-order valence-corrected chi connectivity index (χ4v) is 3.81. The van der Waals surface area contributed by atoms with Crippen molar-refractivity contribution in [3.8, 4) is 24.0 Å². The third-order valence-corrected chi connectivity index (χ3v) is 5.42. The summed E-state index contributed by atoms with van der Waals surface area (Å²) in [6, 6.07) is 28.7.